The molecule has 2 aromatic rings. The lowest BCUT2D eigenvalue weighted by molar-refractivity contribution is -0.148. The Kier molecular flexibility index (Phi) is 7.99. The molecule has 1 saturated heterocycles. The second kappa shape index (κ2) is 11.0. The molecule has 200 valence electrons. The van der Waals surface area contributed by atoms with E-state index < -0.39 is 12.0 Å². The lowest BCUT2D eigenvalue weighted by Gasteiger charge is -2.50. The van der Waals surface area contributed by atoms with Crippen LogP contribution in [0.5, 0.6) is 0 Å². The number of likely N-dealkylation sites (tertiary alicyclic amines) is 1. The number of carbonyl (C=O) groups is 2. The van der Waals surface area contributed by atoms with Gasteiger partial charge >= 0.3 is 12.0 Å². The lowest BCUT2D eigenvalue weighted by atomic mass is 9.80. The highest BCUT2D eigenvalue weighted by Gasteiger charge is 2.49. The molecule has 2 amide bonds. The van der Waals surface area contributed by atoms with E-state index in [4.69, 9.17) is 0 Å². The molecule has 1 N–H and O–H groups in total. The Hall–Kier alpha value is -3.56. The van der Waals surface area contributed by atoms with E-state index in [1.165, 1.54) is 0 Å². The second-order valence-electron chi connectivity index (χ2n) is 11.5. The van der Waals surface area contributed by atoms with E-state index in [0.717, 1.165) is 22.5 Å². The number of carboxylic acids is 1. The number of carboxylic acid groups (broad SMARTS) is 1. The van der Waals surface area contributed by atoms with Crippen molar-refractivity contribution in [2.45, 2.75) is 65.6 Å². The predicted molar refractivity (Wildman–Crippen MR) is 154 cm³/mol. The number of benzene rings is 2. The molecule has 2 aliphatic heterocycles. The number of aliphatic carboxylic acids is 1. The van der Waals surface area contributed by atoms with Crippen LogP contribution in [0.1, 0.15) is 58.6 Å². The molecule has 0 spiro atoms. The highest BCUT2D eigenvalue weighted by molar-refractivity contribution is 6.06. The maximum atomic E-state index is 14.5. The summed E-state index contributed by atoms with van der Waals surface area (Å²) in [5.41, 5.74) is 3.24. The minimum atomic E-state index is -0.974. The van der Waals surface area contributed by atoms with Crippen molar-refractivity contribution >= 4 is 35.5 Å². The molecule has 0 bridgehead atoms. The van der Waals surface area contributed by atoms with Crippen LogP contribution >= 0.6 is 0 Å². The fourth-order valence-electron chi connectivity index (χ4n) is 5.70. The summed E-state index contributed by atoms with van der Waals surface area (Å²) in [5.74, 6) is 5.29. The zero-order chi connectivity index (χ0) is 27.6. The van der Waals surface area contributed by atoms with Gasteiger partial charge in [0.25, 0.3) is 0 Å². The van der Waals surface area contributed by atoms with E-state index in [2.05, 4.69) is 37.5 Å². The van der Waals surface area contributed by atoms with Crippen LogP contribution in [0.15, 0.2) is 48.5 Å². The van der Waals surface area contributed by atoms with Crippen molar-refractivity contribution in [2.24, 2.45) is 11.3 Å². The van der Waals surface area contributed by atoms with Gasteiger partial charge in [0.1, 0.15) is 6.04 Å². The van der Waals surface area contributed by atoms with Gasteiger partial charge in [0, 0.05) is 23.4 Å². The van der Waals surface area contributed by atoms with Gasteiger partial charge in [-0.15, -0.1) is 0 Å². The number of rotatable bonds is 4. The Bertz CT molecular complexity index is 1230. The molecule has 4 rings (SSSR count). The summed E-state index contributed by atoms with van der Waals surface area (Å²) >= 11 is 0. The van der Waals surface area contributed by atoms with Crippen LogP contribution in [-0.4, -0.2) is 58.6 Å². The maximum absolute atomic E-state index is 14.5. The molecule has 6 heteroatoms. The van der Waals surface area contributed by atoms with E-state index >= 15 is 0 Å². The Morgan fingerprint density at radius 2 is 1.58 bits per heavy atom. The second-order valence-corrected chi connectivity index (χ2v) is 11.5. The van der Waals surface area contributed by atoms with Gasteiger partial charge in [0.15, 0.2) is 0 Å². The van der Waals surface area contributed by atoms with Crippen molar-refractivity contribution in [1.82, 2.24) is 9.80 Å². The number of piperidine rings is 1. The van der Waals surface area contributed by atoms with Crippen molar-refractivity contribution in [2.75, 3.05) is 18.5 Å². The summed E-state index contributed by atoms with van der Waals surface area (Å²) in [5, 5.41) is 10.5. The number of nitrogens with zero attached hydrogens (tertiary/aromatic N) is 3. The van der Waals surface area contributed by atoms with Gasteiger partial charge in [0.2, 0.25) is 0 Å². The van der Waals surface area contributed by atoms with Crippen LogP contribution in [-0.2, 0) is 4.79 Å². The molecular weight excluding hydrogens is 474 g/mol. The molecule has 4 atom stereocenters. The molecule has 0 aliphatic carbocycles. The molecule has 2 aliphatic rings. The molecule has 0 radical (unpaired) electrons. The zero-order valence-electron chi connectivity index (χ0n) is 23.3. The van der Waals surface area contributed by atoms with Crippen LogP contribution in [0.3, 0.4) is 0 Å². The van der Waals surface area contributed by atoms with E-state index in [-0.39, 0.29) is 29.4 Å². The minimum Gasteiger partial charge on any atom is -0.480 e. The molecule has 6 nitrogen and oxygen atoms in total. The lowest BCUT2D eigenvalue weighted by Crippen LogP contribution is -2.65. The average Bonchev–Trinajstić information content (AvgIpc) is 3.04. The molecule has 1 unspecified atom stereocenters. The van der Waals surface area contributed by atoms with Crippen molar-refractivity contribution in [3.63, 3.8) is 0 Å². The van der Waals surface area contributed by atoms with Crippen molar-refractivity contribution in [3.05, 3.63) is 59.7 Å². The van der Waals surface area contributed by atoms with Gasteiger partial charge in [-0.25, -0.2) is 9.59 Å². The van der Waals surface area contributed by atoms with Crippen molar-refractivity contribution < 1.29 is 14.7 Å². The summed E-state index contributed by atoms with van der Waals surface area (Å²) in [6, 6.07) is 14.0. The molecule has 2 heterocycles. The summed E-state index contributed by atoms with van der Waals surface area (Å²) in [6.07, 6.45) is 5.37. The molecular formula is C32H39N3O3. The first-order chi connectivity index (χ1) is 18.0. The minimum absolute atomic E-state index is 0.00950. The van der Waals surface area contributed by atoms with Gasteiger partial charge in [-0.3, -0.25) is 9.80 Å². The van der Waals surface area contributed by atoms with E-state index in [0.29, 0.717) is 19.4 Å². The standard InChI is InChI=1S/C32H39N3O3/c1-7-25-21-28(33(6)20-12-19-32(3,4)5)22(2)29(30(36)37)34(25)31(38)35-26-15-10-8-13-23(26)17-18-24-14-9-11-16-27(24)35/h8-11,13-18,22,25,28-29H,7,20-21H2,1-6H3,(H,36,37)/t22-,25+,28?,29+/m1/s1. The van der Waals surface area contributed by atoms with Crippen LogP contribution in [0.2, 0.25) is 0 Å². The number of urea groups is 1. The monoisotopic (exact) mass is 513 g/mol. The van der Waals surface area contributed by atoms with E-state index in [1.807, 2.05) is 81.6 Å². The summed E-state index contributed by atoms with van der Waals surface area (Å²) < 4.78 is 0. The van der Waals surface area contributed by atoms with Gasteiger partial charge in [-0.2, -0.15) is 0 Å². The highest BCUT2D eigenvalue weighted by atomic mass is 16.4. The quantitative estimate of drug-likeness (QED) is 0.484. The summed E-state index contributed by atoms with van der Waals surface area (Å²) in [4.78, 5) is 32.9. The molecule has 2 aromatic carbocycles. The first-order valence-corrected chi connectivity index (χ1v) is 13.4. The largest absolute Gasteiger partial charge is 0.480 e. The molecule has 0 aromatic heterocycles. The smallest absolute Gasteiger partial charge is 0.330 e. The number of hydrogen-bond acceptors (Lipinski definition) is 3. The van der Waals surface area contributed by atoms with Crippen LogP contribution in [0.4, 0.5) is 16.2 Å². The molecule has 1 fully saturated rings. The number of carbonyl (C=O) groups excluding carboxylic acids is 1. The van der Waals surface area contributed by atoms with Crippen LogP contribution in [0.25, 0.3) is 12.2 Å². The fraction of sp³-hybridized carbons (Fsp3) is 0.438. The van der Waals surface area contributed by atoms with Gasteiger partial charge in [-0.1, -0.05) is 74.2 Å². The number of para-hydroxylation sites is 2. The number of fused-ring (bicyclic) bond motifs is 2. The van der Waals surface area contributed by atoms with Gasteiger partial charge in [-0.05, 0) is 63.9 Å². The zero-order valence-corrected chi connectivity index (χ0v) is 23.3. The van der Waals surface area contributed by atoms with Crippen molar-refractivity contribution in [1.29, 1.82) is 0 Å². The maximum Gasteiger partial charge on any atom is 0.330 e. The number of amides is 2. The first-order valence-electron chi connectivity index (χ1n) is 13.4. The van der Waals surface area contributed by atoms with E-state index in [1.54, 1.807) is 9.80 Å². The van der Waals surface area contributed by atoms with Crippen LogP contribution < -0.4 is 4.90 Å². The Morgan fingerprint density at radius 3 is 2.08 bits per heavy atom. The highest BCUT2D eigenvalue weighted by Crippen LogP contribution is 2.40. The Balaban J connectivity index is 1.73. The fourth-order valence-corrected chi connectivity index (χ4v) is 5.70. The number of hydrogen-bond donors (Lipinski definition) is 1. The first kappa shape index (κ1) is 27.5. The number of anilines is 2. The van der Waals surface area contributed by atoms with Crippen molar-refractivity contribution in [3.8, 4) is 11.8 Å². The molecule has 38 heavy (non-hydrogen) atoms. The third-order valence-corrected chi connectivity index (χ3v) is 7.60. The third-order valence-electron chi connectivity index (χ3n) is 7.60. The SMILES string of the molecule is CC[C@H]1CC(N(C)CC#CC(C)(C)C)[C@@H](C)[C@@H](C(=O)O)N1C(=O)N1c2ccccc2C=Cc2ccccc21. The van der Waals surface area contributed by atoms with Gasteiger partial charge < -0.3 is 10.0 Å². The topological polar surface area (TPSA) is 64.1 Å². The predicted octanol–water partition coefficient (Wildman–Crippen LogP) is 6.35. The average molecular weight is 514 g/mol. The third kappa shape index (κ3) is 5.49. The summed E-state index contributed by atoms with van der Waals surface area (Å²) in [7, 11) is 2.01. The Labute approximate surface area is 226 Å². The Morgan fingerprint density at radius 1 is 1.03 bits per heavy atom. The van der Waals surface area contributed by atoms with E-state index in [9.17, 15) is 14.7 Å². The summed E-state index contributed by atoms with van der Waals surface area (Å²) in [6.45, 7) is 10.8. The normalized spacial score (nSPS) is 22.7. The van der Waals surface area contributed by atoms with Gasteiger partial charge in [0.05, 0.1) is 17.9 Å². The molecule has 0 saturated carbocycles. The van der Waals surface area contributed by atoms with Crippen LogP contribution in [0, 0.1) is 23.2 Å².